The van der Waals surface area contributed by atoms with Crippen molar-refractivity contribution >= 4 is 33.5 Å². The summed E-state index contributed by atoms with van der Waals surface area (Å²) >= 11 is 3.36. The van der Waals surface area contributed by atoms with E-state index in [1.54, 1.807) is 19.1 Å². The molecule has 144 valence electrons. The topological polar surface area (TPSA) is 70.6 Å². The minimum absolute atomic E-state index is 0.0175. The Hall–Kier alpha value is -1.69. The largest absolute Gasteiger partial charge is 0.352 e. The third kappa shape index (κ3) is 4.10. The van der Waals surface area contributed by atoms with Crippen molar-refractivity contribution in [1.82, 2.24) is 10.7 Å². The average molecular weight is 432 g/mol. The Morgan fingerprint density at radius 3 is 2.33 bits per heavy atom. The van der Waals surface area contributed by atoms with Crippen molar-refractivity contribution in [2.75, 3.05) is 0 Å². The Kier molecular flexibility index (Phi) is 5.35. The maximum Gasteiger partial charge on any atom is 0.272 e. The second-order valence-corrected chi connectivity index (χ2v) is 9.32. The summed E-state index contributed by atoms with van der Waals surface area (Å²) in [6.07, 6.45) is 6.77. The Balaban J connectivity index is 1.30. The molecule has 4 aliphatic rings. The van der Waals surface area contributed by atoms with Crippen LogP contribution in [0.2, 0.25) is 0 Å². The number of amides is 2. The molecule has 0 atom stereocenters. The lowest BCUT2D eigenvalue weighted by atomic mass is 9.54. The van der Waals surface area contributed by atoms with Crippen molar-refractivity contribution in [1.29, 1.82) is 0 Å². The predicted molar refractivity (Wildman–Crippen MR) is 108 cm³/mol. The van der Waals surface area contributed by atoms with Crippen molar-refractivity contribution in [3.05, 3.63) is 34.3 Å². The molecule has 1 aromatic rings. The lowest BCUT2D eigenvalue weighted by Crippen LogP contribution is -2.56. The monoisotopic (exact) mass is 431 g/mol. The molecule has 0 saturated heterocycles. The standard InChI is InChI=1S/C21H26BrN3O2/c1-12(24-25-21(27)17-4-2-3-5-18(17)22)6-19(26)23-20-15-8-13-7-14(10-15)11-16(20)9-13/h2-5,13-16,20H,6-11H2,1H3,(H,23,26)(H,25,27)/b24-12-. The fourth-order valence-electron chi connectivity index (χ4n) is 5.52. The van der Waals surface area contributed by atoms with Gasteiger partial charge in [0.1, 0.15) is 0 Å². The molecule has 4 bridgehead atoms. The fraction of sp³-hybridized carbons (Fsp3) is 0.571. The van der Waals surface area contributed by atoms with Crippen LogP contribution in [0, 0.1) is 23.7 Å². The fourth-order valence-corrected chi connectivity index (χ4v) is 5.99. The highest BCUT2D eigenvalue weighted by atomic mass is 79.9. The van der Waals surface area contributed by atoms with E-state index >= 15 is 0 Å². The van der Waals surface area contributed by atoms with Crippen molar-refractivity contribution in [2.45, 2.75) is 51.5 Å². The van der Waals surface area contributed by atoms with Gasteiger partial charge in [-0.2, -0.15) is 5.10 Å². The third-order valence-corrected chi connectivity index (χ3v) is 7.13. The van der Waals surface area contributed by atoms with Crippen LogP contribution in [-0.4, -0.2) is 23.6 Å². The van der Waals surface area contributed by atoms with Gasteiger partial charge in [-0.15, -0.1) is 0 Å². The van der Waals surface area contributed by atoms with Crippen molar-refractivity contribution in [2.24, 2.45) is 28.8 Å². The molecule has 4 saturated carbocycles. The number of nitrogens with zero attached hydrogens (tertiary/aromatic N) is 1. The van der Waals surface area contributed by atoms with Gasteiger partial charge in [0.25, 0.3) is 5.91 Å². The van der Waals surface area contributed by atoms with E-state index in [9.17, 15) is 9.59 Å². The number of hydrogen-bond acceptors (Lipinski definition) is 3. The van der Waals surface area contributed by atoms with E-state index in [1.807, 2.05) is 12.1 Å². The zero-order valence-electron chi connectivity index (χ0n) is 15.6. The van der Waals surface area contributed by atoms with E-state index in [0.717, 1.165) is 16.3 Å². The first-order valence-corrected chi connectivity index (χ1v) is 10.7. The first-order valence-electron chi connectivity index (χ1n) is 9.87. The lowest BCUT2D eigenvalue weighted by Gasteiger charge is -2.54. The first kappa shape index (κ1) is 18.7. The first-order chi connectivity index (χ1) is 13.0. The van der Waals surface area contributed by atoms with E-state index in [2.05, 4.69) is 31.8 Å². The second kappa shape index (κ2) is 7.74. The molecule has 5 nitrogen and oxygen atoms in total. The molecule has 0 heterocycles. The lowest BCUT2D eigenvalue weighted by molar-refractivity contribution is -0.123. The maximum atomic E-state index is 12.5. The van der Waals surface area contributed by atoms with Gasteiger partial charge in [0.05, 0.1) is 12.0 Å². The summed E-state index contributed by atoms with van der Waals surface area (Å²) in [5, 5.41) is 7.38. The molecule has 0 radical (unpaired) electrons. The Morgan fingerprint density at radius 2 is 1.70 bits per heavy atom. The number of nitrogens with one attached hydrogen (secondary N) is 2. The van der Waals surface area contributed by atoms with Crippen LogP contribution in [0.4, 0.5) is 0 Å². The molecule has 2 amide bonds. The molecule has 0 aromatic heterocycles. The molecule has 1 aromatic carbocycles. The van der Waals surface area contributed by atoms with E-state index < -0.39 is 0 Å². The zero-order chi connectivity index (χ0) is 19.0. The van der Waals surface area contributed by atoms with Gasteiger partial charge in [0.2, 0.25) is 5.91 Å². The number of carbonyl (C=O) groups is 2. The Bertz CT molecular complexity index is 748. The summed E-state index contributed by atoms with van der Waals surface area (Å²) in [7, 11) is 0. The number of benzene rings is 1. The third-order valence-electron chi connectivity index (χ3n) is 6.44. The summed E-state index contributed by atoms with van der Waals surface area (Å²) in [5.74, 6) is 2.86. The predicted octanol–water partition coefficient (Wildman–Crippen LogP) is 3.89. The van der Waals surface area contributed by atoms with Gasteiger partial charge in [-0.3, -0.25) is 9.59 Å². The van der Waals surface area contributed by atoms with E-state index in [-0.39, 0.29) is 18.2 Å². The highest BCUT2D eigenvalue weighted by Gasteiger charge is 2.48. The molecular weight excluding hydrogens is 406 g/mol. The summed E-state index contributed by atoms with van der Waals surface area (Å²) in [5.41, 5.74) is 3.67. The van der Waals surface area contributed by atoms with Gasteiger partial charge in [-0.25, -0.2) is 5.43 Å². The van der Waals surface area contributed by atoms with Crippen LogP contribution in [-0.2, 0) is 4.79 Å². The molecular formula is C21H26BrN3O2. The zero-order valence-corrected chi connectivity index (χ0v) is 17.2. The number of hydrogen-bond donors (Lipinski definition) is 2. The second-order valence-electron chi connectivity index (χ2n) is 8.47. The summed E-state index contributed by atoms with van der Waals surface area (Å²) in [4.78, 5) is 24.7. The SMILES string of the molecule is C/C(CC(=O)NC1C2CC3CC(C2)CC1C3)=N/NC(=O)c1ccccc1Br. The van der Waals surface area contributed by atoms with Crippen LogP contribution in [0.1, 0.15) is 55.8 Å². The number of rotatable bonds is 5. The van der Waals surface area contributed by atoms with Crippen LogP contribution in [0.15, 0.2) is 33.8 Å². The van der Waals surface area contributed by atoms with E-state index in [0.29, 0.717) is 29.2 Å². The number of hydrazone groups is 1. The quantitative estimate of drug-likeness (QED) is 0.548. The van der Waals surface area contributed by atoms with Crippen LogP contribution >= 0.6 is 15.9 Å². The smallest absolute Gasteiger partial charge is 0.272 e. The molecule has 0 aliphatic heterocycles. The van der Waals surface area contributed by atoms with Gasteiger partial charge in [-0.05, 0) is 90.8 Å². The van der Waals surface area contributed by atoms with Crippen LogP contribution in [0.25, 0.3) is 0 Å². The molecule has 0 unspecified atom stereocenters. The Labute approximate surface area is 168 Å². The van der Waals surface area contributed by atoms with E-state index in [1.165, 1.54) is 32.1 Å². The molecule has 2 N–H and O–H groups in total. The van der Waals surface area contributed by atoms with Gasteiger partial charge in [-0.1, -0.05) is 12.1 Å². The average Bonchev–Trinajstić information content (AvgIpc) is 2.62. The maximum absolute atomic E-state index is 12.5. The van der Waals surface area contributed by atoms with Gasteiger partial charge < -0.3 is 5.32 Å². The minimum Gasteiger partial charge on any atom is -0.352 e. The van der Waals surface area contributed by atoms with Crippen LogP contribution in [0.3, 0.4) is 0 Å². The van der Waals surface area contributed by atoms with Crippen molar-refractivity contribution < 1.29 is 9.59 Å². The molecule has 5 rings (SSSR count). The number of carbonyl (C=O) groups excluding carboxylic acids is 2. The van der Waals surface area contributed by atoms with Gasteiger partial charge in [0.15, 0.2) is 0 Å². The molecule has 27 heavy (non-hydrogen) atoms. The minimum atomic E-state index is -0.289. The summed E-state index contributed by atoms with van der Waals surface area (Å²) in [6, 6.07) is 7.53. The van der Waals surface area contributed by atoms with Crippen LogP contribution in [0.5, 0.6) is 0 Å². The highest BCUT2D eigenvalue weighted by Crippen LogP contribution is 2.53. The van der Waals surface area contributed by atoms with Crippen LogP contribution < -0.4 is 10.7 Å². The number of halogens is 1. The summed E-state index contributed by atoms with van der Waals surface area (Å²) < 4.78 is 0.718. The summed E-state index contributed by atoms with van der Waals surface area (Å²) in [6.45, 7) is 1.77. The molecule has 6 heteroatoms. The normalized spacial score (nSPS) is 31.6. The van der Waals surface area contributed by atoms with E-state index in [4.69, 9.17) is 0 Å². The van der Waals surface area contributed by atoms with Crippen molar-refractivity contribution in [3.8, 4) is 0 Å². The Morgan fingerprint density at radius 1 is 1.07 bits per heavy atom. The molecule has 0 spiro atoms. The molecule has 4 aliphatic carbocycles. The molecule has 4 fully saturated rings. The van der Waals surface area contributed by atoms with Gasteiger partial charge >= 0.3 is 0 Å². The van der Waals surface area contributed by atoms with Crippen molar-refractivity contribution in [3.63, 3.8) is 0 Å². The van der Waals surface area contributed by atoms with Gasteiger partial charge in [0, 0.05) is 16.2 Å². The highest BCUT2D eigenvalue weighted by molar-refractivity contribution is 9.10.